The first-order chi connectivity index (χ1) is 16.9. The average Bonchev–Trinajstić information content (AvgIpc) is 2.70. The number of nitrogens with one attached hydrogen (secondary N) is 1. The van der Waals surface area contributed by atoms with Crippen molar-refractivity contribution < 1.29 is 74.6 Å². The molecule has 0 radical (unpaired) electrons. The van der Waals surface area contributed by atoms with Crippen LogP contribution in [0.15, 0.2) is 24.3 Å². The molecular formula is C14H24N2O17P4. The third-order valence-corrected chi connectivity index (χ3v) is 9.22. The number of rotatable bonds is 17. The molecule has 19 nitrogen and oxygen atoms in total. The van der Waals surface area contributed by atoms with E-state index in [0.29, 0.717) is 24.8 Å². The summed E-state index contributed by atoms with van der Waals surface area (Å²) in [6.45, 7) is -0.332. The van der Waals surface area contributed by atoms with Gasteiger partial charge in [-0.2, -0.15) is 12.9 Å². The number of nitro groups is 1. The number of nitro benzene ring substituents is 1. The largest absolute Gasteiger partial charge is 0.490 e. The fourth-order valence-electron chi connectivity index (χ4n) is 2.31. The zero-order chi connectivity index (χ0) is 28.3. The van der Waals surface area contributed by atoms with Gasteiger partial charge in [0, 0.05) is 18.7 Å². The zero-order valence-corrected chi connectivity index (χ0v) is 22.2. The van der Waals surface area contributed by atoms with Crippen LogP contribution in [0.4, 0.5) is 10.5 Å². The molecule has 1 rings (SSSR count). The number of nitrogens with zero attached hydrogens (tertiary/aromatic N) is 1. The van der Waals surface area contributed by atoms with Crippen LogP contribution >= 0.6 is 31.3 Å². The molecule has 23 heteroatoms. The molecule has 1 aromatic carbocycles. The molecule has 0 saturated carbocycles. The molecule has 6 N–H and O–H groups in total. The SMILES string of the molecule is O=C(NCCCCCCOP(=O)(O)OP(=O)(O)OP(=O)(O)OP(=O)(O)O)OCc1ccc([N+](=O)[O-])cc1. The summed E-state index contributed by atoms with van der Waals surface area (Å²) in [5, 5.41) is 13.1. The summed E-state index contributed by atoms with van der Waals surface area (Å²) in [6.07, 6.45) is 0.834. The number of ether oxygens (including phenoxy) is 1. The molecule has 3 unspecified atom stereocenters. The molecule has 3 atom stereocenters. The van der Waals surface area contributed by atoms with Gasteiger partial charge in [0.1, 0.15) is 6.61 Å². The smallest absolute Gasteiger partial charge is 0.445 e. The van der Waals surface area contributed by atoms with Crippen LogP contribution in [-0.2, 0) is 47.1 Å². The number of hydrogen-bond donors (Lipinski definition) is 6. The number of benzene rings is 1. The summed E-state index contributed by atoms with van der Waals surface area (Å²) < 4.78 is 64.8. The number of unbranched alkanes of at least 4 members (excludes halogenated alkanes) is 3. The molecule has 0 aliphatic rings. The Labute approximate surface area is 208 Å². The molecule has 37 heavy (non-hydrogen) atoms. The number of non-ortho nitro benzene ring substituents is 1. The van der Waals surface area contributed by atoms with Crippen molar-refractivity contribution in [2.24, 2.45) is 0 Å². The van der Waals surface area contributed by atoms with Crippen LogP contribution in [0, 0.1) is 10.1 Å². The summed E-state index contributed by atoms with van der Waals surface area (Å²) >= 11 is 0. The van der Waals surface area contributed by atoms with E-state index in [-0.39, 0.29) is 25.3 Å². The Morgan fingerprint density at radius 2 is 1.38 bits per heavy atom. The molecule has 0 heterocycles. The minimum absolute atomic E-state index is 0.0944. The summed E-state index contributed by atoms with van der Waals surface area (Å²) in [4.78, 5) is 66.1. The van der Waals surface area contributed by atoms with E-state index in [1.807, 2.05) is 0 Å². The standard InChI is InChI=1S/C14H24N2O17P4/c17-14(29-11-12-5-7-13(8-6-12)16(18)19)15-9-3-1-2-4-10-30-35(23,24)32-37(27,28)33-36(25,26)31-34(20,21)22/h5-8H,1-4,9-11H2,(H,15,17)(H,23,24)(H,25,26)(H,27,28)(H2,20,21,22). The quantitative estimate of drug-likeness (QED) is 0.0634. The number of phosphoric acid groups is 4. The predicted octanol–water partition coefficient (Wildman–Crippen LogP) is 2.84. The van der Waals surface area contributed by atoms with Gasteiger partial charge in [0.25, 0.3) is 5.69 Å². The molecule has 212 valence electrons. The fourth-order valence-corrected chi connectivity index (χ4v) is 6.80. The predicted molar refractivity (Wildman–Crippen MR) is 120 cm³/mol. The Hall–Kier alpha value is -1.55. The number of carbonyl (C=O) groups is 1. The lowest BCUT2D eigenvalue weighted by molar-refractivity contribution is -0.384. The molecule has 1 amide bonds. The van der Waals surface area contributed by atoms with Gasteiger partial charge in [-0.05, 0) is 30.5 Å². The highest BCUT2D eigenvalue weighted by atomic mass is 31.3. The Morgan fingerprint density at radius 3 is 1.95 bits per heavy atom. The van der Waals surface area contributed by atoms with E-state index < -0.39 is 48.9 Å². The van der Waals surface area contributed by atoms with Gasteiger partial charge in [-0.1, -0.05) is 12.8 Å². The Morgan fingerprint density at radius 1 is 0.838 bits per heavy atom. The molecule has 0 spiro atoms. The van der Waals surface area contributed by atoms with Crippen molar-refractivity contribution in [1.29, 1.82) is 0 Å². The van der Waals surface area contributed by atoms with Crippen molar-refractivity contribution >= 4 is 43.1 Å². The number of phosphoric ester groups is 1. The van der Waals surface area contributed by atoms with Gasteiger partial charge in [-0.3, -0.25) is 14.6 Å². The van der Waals surface area contributed by atoms with Crippen LogP contribution in [0.5, 0.6) is 0 Å². The first-order valence-corrected chi connectivity index (χ1v) is 15.9. The van der Waals surface area contributed by atoms with Crippen molar-refractivity contribution in [1.82, 2.24) is 5.32 Å². The van der Waals surface area contributed by atoms with E-state index >= 15 is 0 Å². The Bertz CT molecular complexity index is 1110. The third-order valence-electron chi connectivity index (χ3n) is 3.73. The second-order valence-corrected chi connectivity index (χ2v) is 12.8. The second-order valence-electron chi connectivity index (χ2n) is 6.82. The number of carbonyl (C=O) groups excluding carboxylic acids is 1. The zero-order valence-electron chi connectivity index (χ0n) is 18.6. The highest BCUT2D eigenvalue weighted by Gasteiger charge is 2.44. The molecule has 0 aliphatic carbocycles. The van der Waals surface area contributed by atoms with Crippen LogP contribution in [0.3, 0.4) is 0 Å². The van der Waals surface area contributed by atoms with Gasteiger partial charge in [0.15, 0.2) is 0 Å². The summed E-state index contributed by atoms with van der Waals surface area (Å²) in [7, 11) is -22.6. The molecule has 0 aliphatic heterocycles. The van der Waals surface area contributed by atoms with Crippen molar-refractivity contribution in [3.05, 3.63) is 39.9 Å². The van der Waals surface area contributed by atoms with Crippen LogP contribution < -0.4 is 5.32 Å². The van der Waals surface area contributed by atoms with Gasteiger partial charge < -0.3 is 34.5 Å². The van der Waals surface area contributed by atoms with Gasteiger partial charge in [0.05, 0.1) is 11.5 Å². The first-order valence-electron chi connectivity index (χ1n) is 9.86. The summed E-state index contributed by atoms with van der Waals surface area (Å²) in [6, 6.07) is 5.44. The van der Waals surface area contributed by atoms with Gasteiger partial charge in [0.2, 0.25) is 0 Å². The Balaban J connectivity index is 2.21. The lowest BCUT2D eigenvalue weighted by atomic mass is 10.2. The van der Waals surface area contributed by atoms with E-state index in [1.54, 1.807) is 0 Å². The van der Waals surface area contributed by atoms with Crippen molar-refractivity contribution in [2.75, 3.05) is 13.2 Å². The van der Waals surface area contributed by atoms with Crippen LogP contribution in [0.2, 0.25) is 0 Å². The van der Waals surface area contributed by atoms with Crippen molar-refractivity contribution in [3.8, 4) is 0 Å². The van der Waals surface area contributed by atoms with E-state index in [4.69, 9.17) is 19.4 Å². The van der Waals surface area contributed by atoms with E-state index in [1.165, 1.54) is 24.3 Å². The minimum Gasteiger partial charge on any atom is -0.445 e. The molecule has 1 aromatic rings. The highest BCUT2D eigenvalue weighted by Crippen LogP contribution is 2.70. The average molecular weight is 616 g/mol. The van der Waals surface area contributed by atoms with Gasteiger partial charge in [-0.25, -0.2) is 23.1 Å². The molecule has 0 aromatic heterocycles. The maximum Gasteiger partial charge on any atom is 0.490 e. The Kier molecular flexibility index (Phi) is 13.2. The lowest BCUT2D eigenvalue weighted by Crippen LogP contribution is -2.25. The van der Waals surface area contributed by atoms with E-state index in [2.05, 4.69) is 22.8 Å². The molecule has 0 bridgehead atoms. The lowest BCUT2D eigenvalue weighted by Gasteiger charge is -2.18. The van der Waals surface area contributed by atoms with Crippen LogP contribution in [0.1, 0.15) is 31.2 Å². The second kappa shape index (κ2) is 14.6. The summed E-state index contributed by atoms with van der Waals surface area (Å²) in [5.74, 6) is 0. The maximum atomic E-state index is 11.7. The summed E-state index contributed by atoms with van der Waals surface area (Å²) in [5.41, 5.74) is 0.453. The van der Waals surface area contributed by atoms with Gasteiger partial charge in [-0.15, -0.1) is 0 Å². The highest BCUT2D eigenvalue weighted by molar-refractivity contribution is 7.69. The van der Waals surface area contributed by atoms with Crippen molar-refractivity contribution in [2.45, 2.75) is 32.3 Å². The third kappa shape index (κ3) is 16.1. The number of hydrogen-bond acceptors (Lipinski definition) is 12. The number of alkyl carbamates (subject to hydrolysis) is 1. The topological polar surface area (TPSA) is 288 Å². The molecular weight excluding hydrogens is 592 g/mol. The normalized spacial score (nSPS) is 16.7. The number of amides is 1. The maximum absolute atomic E-state index is 11.7. The van der Waals surface area contributed by atoms with Crippen molar-refractivity contribution in [3.63, 3.8) is 0 Å². The van der Waals surface area contributed by atoms with E-state index in [9.17, 15) is 43.0 Å². The minimum atomic E-state index is -5.85. The van der Waals surface area contributed by atoms with Crippen LogP contribution in [-0.4, -0.2) is 48.6 Å². The fraction of sp³-hybridized carbons (Fsp3) is 0.500. The monoisotopic (exact) mass is 616 g/mol. The molecule has 0 fully saturated rings. The van der Waals surface area contributed by atoms with E-state index in [0.717, 1.165) is 0 Å². The first kappa shape index (κ1) is 33.5. The van der Waals surface area contributed by atoms with Crippen LogP contribution in [0.25, 0.3) is 0 Å². The molecule has 0 saturated heterocycles. The van der Waals surface area contributed by atoms with Gasteiger partial charge >= 0.3 is 37.4 Å².